The molecule has 218 valence electrons. The molecule has 41 heavy (non-hydrogen) atoms. The van der Waals surface area contributed by atoms with Gasteiger partial charge in [0.1, 0.15) is 5.82 Å². The predicted octanol–water partition coefficient (Wildman–Crippen LogP) is 3.69. The molecule has 0 fully saturated rings. The molecule has 10 heteroatoms. The Morgan fingerprint density at radius 1 is 1.05 bits per heavy atom. The van der Waals surface area contributed by atoms with Crippen molar-refractivity contribution in [2.75, 3.05) is 38.0 Å². The lowest BCUT2D eigenvalue weighted by molar-refractivity contribution is -0.142. The maximum Gasteiger partial charge on any atom is 0.306 e. The summed E-state index contributed by atoms with van der Waals surface area (Å²) in [6.07, 6.45) is 9.28. The molecule has 4 rings (SSSR count). The molecule has 1 aliphatic heterocycles. The number of amides is 1. The van der Waals surface area contributed by atoms with Crippen LogP contribution in [0.1, 0.15) is 55.3 Å². The van der Waals surface area contributed by atoms with Crippen LogP contribution in [0.2, 0.25) is 0 Å². The summed E-state index contributed by atoms with van der Waals surface area (Å²) in [7, 11) is 0. The molecule has 1 aliphatic rings. The number of fused-ring (bicyclic) bond motifs is 1. The van der Waals surface area contributed by atoms with Crippen LogP contribution < -0.4 is 10.6 Å². The van der Waals surface area contributed by atoms with Crippen LogP contribution in [0.3, 0.4) is 0 Å². The van der Waals surface area contributed by atoms with E-state index in [0.717, 1.165) is 68.0 Å². The number of nitrogens with one attached hydrogen (secondary N) is 2. The van der Waals surface area contributed by atoms with Crippen LogP contribution in [0.4, 0.5) is 5.82 Å². The van der Waals surface area contributed by atoms with Crippen molar-refractivity contribution in [3.8, 4) is 11.4 Å². The highest BCUT2D eigenvalue weighted by atomic mass is 16.4. The fourth-order valence-electron chi connectivity index (χ4n) is 5.15. The quantitative estimate of drug-likeness (QED) is 0.238. The summed E-state index contributed by atoms with van der Waals surface area (Å²) >= 11 is 0. The smallest absolute Gasteiger partial charge is 0.306 e. The lowest BCUT2D eigenvalue weighted by Gasteiger charge is -2.24. The number of pyridine rings is 2. The number of aromatic nitrogens is 4. The zero-order chi connectivity index (χ0) is 29.0. The Morgan fingerprint density at radius 2 is 1.88 bits per heavy atom. The van der Waals surface area contributed by atoms with E-state index in [4.69, 9.17) is 4.98 Å². The molecule has 3 aromatic rings. The molecule has 0 unspecified atom stereocenters. The topological polar surface area (TPSA) is 133 Å². The van der Waals surface area contributed by atoms with Crippen LogP contribution in [-0.2, 0) is 28.9 Å². The van der Waals surface area contributed by atoms with Gasteiger partial charge in [-0.1, -0.05) is 6.07 Å². The van der Waals surface area contributed by atoms with Gasteiger partial charge in [-0.05, 0) is 88.4 Å². The Hall–Kier alpha value is -3.92. The Bertz CT molecular complexity index is 1300. The van der Waals surface area contributed by atoms with Gasteiger partial charge in [-0.2, -0.15) is 0 Å². The lowest BCUT2D eigenvalue weighted by Crippen LogP contribution is -2.36. The molecule has 3 N–H and O–H groups in total. The van der Waals surface area contributed by atoms with Crippen LogP contribution in [0, 0.1) is 12.8 Å². The molecule has 0 aliphatic carbocycles. The first-order valence-electron chi connectivity index (χ1n) is 14.5. The highest BCUT2D eigenvalue weighted by Gasteiger charge is 2.21. The summed E-state index contributed by atoms with van der Waals surface area (Å²) < 4.78 is 0. The van der Waals surface area contributed by atoms with Gasteiger partial charge in [0.25, 0.3) is 0 Å². The second-order valence-corrected chi connectivity index (χ2v) is 10.7. The number of carboxylic acid groups (broad SMARTS) is 1. The molecule has 1 amide bonds. The molecular formula is C31H41N7O3. The molecule has 4 heterocycles. The van der Waals surface area contributed by atoms with E-state index in [1.54, 1.807) is 12.4 Å². The van der Waals surface area contributed by atoms with Crippen molar-refractivity contribution in [1.82, 2.24) is 30.2 Å². The Labute approximate surface area is 242 Å². The third-order valence-electron chi connectivity index (χ3n) is 7.36. The number of aryl methyl sites for hydroxylation is 3. The molecule has 3 aromatic heterocycles. The summed E-state index contributed by atoms with van der Waals surface area (Å²) in [5, 5.41) is 16.3. The van der Waals surface area contributed by atoms with E-state index in [1.165, 1.54) is 12.5 Å². The minimum Gasteiger partial charge on any atom is -0.481 e. The SMILES string of the molecule is CC(=O)NCCN(CCCCc1ccc2c(n1)NCCC2)CC[C@H](Cc1cc(C)nc(-c2ccncc2)n1)C(=O)O. The second kappa shape index (κ2) is 15.2. The van der Waals surface area contributed by atoms with Crippen LogP contribution in [0.15, 0.2) is 42.7 Å². The molecule has 0 aromatic carbocycles. The number of anilines is 1. The number of hydrogen-bond acceptors (Lipinski definition) is 8. The fourth-order valence-corrected chi connectivity index (χ4v) is 5.15. The van der Waals surface area contributed by atoms with E-state index in [-0.39, 0.29) is 5.91 Å². The fraction of sp³-hybridized carbons (Fsp3) is 0.484. The van der Waals surface area contributed by atoms with Gasteiger partial charge in [-0.15, -0.1) is 0 Å². The standard InChI is InChI=1S/C31H41N7O3/c1-22-20-28(37-30(35-22)25-10-14-32-15-11-25)21-26(31(40)41)12-18-38(19-16-33-23(2)39)17-4-3-7-27-9-8-24-6-5-13-34-29(24)36-27/h8-11,14-15,20,26H,3-7,12-13,16-19,21H2,1-2H3,(H,33,39)(H,34,36)(H,40,41)/t26-/m1/s1. The number of aliphatic carboxylic acids is 1. The van der Waals surface area contributed by atoms with Gasteiger partial charge in [0.2, 0.25) is 5.91 Å². The van der Waals surface area contributed by atoms with Crippen molar-refractivity contribution in [1.29, 1.82) is 0 Å². The minimum absolute atomic E-state index is 0.0652. The first kappa shape index (κ1) is 30.0. The van der Waals surface area contributed by atoms with E-state index in [2.05, 4.69) is 42.6 Å². The van der Waals surface area contributed by atoms with Gasteiger partial charge in [-0.25, -0.2) is 15.0 Å². The van der Waals surface area contributed by atoms with Crippen molar-refractivity contribution in [2.45, 2.75) is 58.8 Å². The Balaban J connectivity index is 1.33. The maximum atomic E-state index is 12.2. The van der Waals surface area contributed by atoms with Crippen LogP contribution in [0.5, 0.6) is 0 Å². The summed E-state index contributed by atoms with van der Waals surface area (Å²) in [6, 6.07) is 9.87. The van der Waals surface area contributed by atoms with Crippen molar-refractivity contribution in [2.24, 2.45) is 5.92 Å². The number of carbonyl (C=O) groups excluding carboxylic acids is 1. The number of rotatable bonds is 15. The minimum atomic E-state index is -0.833. The Kier molecular flexibility index (Phi) is 11.1. The Morgan fingerprint density at radius 3 is 2.66 bits per heavy atom. The lowest BCUT2D eigenvalue weighted by atomic mass is 9.98. The second-order valence-electron chi connectivity index (χ2n) is 10.7. The van der Waals surface area contributed by atoms with E-state index in [9.17, 15) is 14.7 Å². The van der Waals surface area contributed by atoms with Crippen molar-refractivity contribution in [3.05, 3.63) is 65.4 Å². The van der Waals surface area contributed by atoms with Gasteiger partial charge in [0.15, 0.2) is 5.82 Å². The molecule has 1 atom stereocenters. The summed E-state index contributed by atoms with van der Waals surface area (Å²) in [5.74, 6) is 0.125. The molecule has 0 saturated heterocycles. The van der Waals surface area contributed by atoms with Crippen molar-refractivity contribution >= 4 is 17.7 Å². The van der Waals surface area contributed by atoms with Crippen molar-refractivity contribution in [3.63, 3.8) is 0 Å². The number of unbranched alkanes of at least 4 members (excludes halogenated alkanes) is 1. The molecule has 10 nitrogen and oxygen atoms in total. The van der Waals surface area contributed by atoms with E-state index >= 15 is 0 Å². The van der Waals surface area contributed by atoms with Crippen LogP contribution in [0.25, 0.3) is 11.4 Å². The normalized spacial score (nSPS) is 13.3. The van der Waals surface area contributed by atoms with Gasteiger partial charge in [-0.3, -0.25) is 14.6 Å². The average Bonchev–Trinajstić information content (AvgIpc) is 2.96. The van der Waals surface area contributed by atoms with Crippen LogP contribution >= 0.6 is 0 Å². The van der Waals surface area contributed by atoms with Crippen LogP contribution in [-0.4, -0.2) is 74.5 Å². The summed E-state index contributed by atoms with van der Waals surface area (Å²) in [5.41, 5.74) is 4.76. The first-order chi connectivity index (χ1) is 19.9. The largest absolute Gasteiger partial charge is 0.481 e. The molecule has 0 saturated carbocycles. The molecule has 0 bridgehead atoms. The van der Waals surface area contributed by atoms with E-state index in [1.807, 2.05) is 25.1 Å². The summed E-state index contributed by atoms with van der Waals surface area (Å²) in [6.45, 7) is 7.04. The summed E-state index contributed by atoms with van der Waals surface area (Å²) in [4.78, 5) is 44.0. The van der Waals surface area contributed by atoms with Gasteiger partial charge in [0, 0.05) is 68.0 Å². The molecule has 0 radical (unpaired) electrons. The monoisotopic (exact) mass is 559 g/mol. The third kappa shape index (κ3) is 9.60. The van der Waals surface area contributed by atoms with Crippen molar-refractivity contribution < 1.29 is 14.7 Å². The third-order valence-corrected chi connectivity index (χ3v) is 7.36. The van der Waals surface area contributed by atoms with Gasteiger partial charge < -0.3 is 20.6 Å². The maximum absolute atomic E-state index is 12.2. The molecule has 0 spiro atoms. The number of carbonyl (C=O) groups is 2. The number of carboxylic acids is 1. The zero-order valence-corrected chi connectivity index (χ0v) is 24.1. The predicted molar refractivity (Wildman–Crippen MR) is 159 cm³/mol. The molecular weight excluding hydrogens is 518 g/mol. The highest BCUT2D eigenvalue weighted by Crippen LogP contribution is 2.21. The van der Waals surface area contributed by atoms with Gasteiger partial charge in [0.05, 0.1) is 5.92 Å². The number of hydrogen-bond donors (Lipinski definition) is 3. The van der Waals surface area contributed by atoms with E-state index in [0.29, 0.717) is 44.0 Å². The average molecular weight is 560 g/mol. The first-order valence-corrected chi connectivity index (χ1v) is 14.5. The zero-order valence-electron chi connectivity index (χ0n) is 24.1. The highest BCUT2D eigenvalue weighted by molar-refractivity contribution is 5.72. The van der Waals surface area contributed by atoms with Gasteiger partial charge >= 0.3 is 5.97 Å². The number of nitrogens with zero attached hydrogens (tertiary/aromatic N) is 5. The van der Waals surface area contributed by atoms with E-state index < -0.39 is 11.9 Å².